The highest BCUT2D eigenvalue weighted by molar-refractivity contribution is 9.10. The number of H-pyrrole nitrogens is 1. The van der Waals surface area contributed by atoms with E-state index >= 15 is 0 Å². The van der Waals surface area contributed by atoms with E-state index in [1.807, 2.05) is 0 Å². The van der Waals surface area contributed by atoms with Crippen LogP contribution < -0.4 is 11.3 Å². The number of halogens is 1. The Morgan fingerprint density at radius 2 is 2.07 bits per heavy atom. The zero-order valence-corrected chi connectivity index (χ0v) is 9.30. The zero-order valence-electron chi connectivity index (χ0n) is 7.72. The zero-order chi connectivity index (χ0) is 10.1. The van der Waals surface area contributed by atoms with Crippen molar-refractivity contribution in [3.05, 3.63) is 20.5 Å². The van der Waals surface area contributed by atoms with Crippen LogP contribution in [0.15, 0.2) is 9.27 Å². The first-order chi connectivity index (χ1) is 6.68. The van der Waals surface area contributed by atoms with Gasteiger partial charge in [-0.1, -0.05) is 12.8 Å². The van der Waals surface area contributed by atoms with Gasteiger partial charge in [-0.15, -0.1) is 0 Å². The molecule has 3 N–H and O–H groups in total. The Labute approximate surface area is 90.1 Å². The Hall–Kier alpha value is -0.840. The van der Waals surface area contributed by atoms with Crippen molar-refractivity contribution in [2.24, 2.45) is 0 Å². The molecule has 1 aliphatic rings. The SMILES string of the molecule is Nc1nc(C2CCCC2)c(Br)c(=O)[nH]1. The number of aromatic amines is 1. The molecule has 1 saturated carbocycles. The lowest BCUT2D eigenvalue weighted by molar-refractivity contribution is 0.689. The molecule has 1 fully saturated rings. The fourth-order valence-electron chi connectivity index (χ4n) is 1.96. The molecular weight excluding hydrogens is 246 g/mol. The third-order valence-corrected chi connectivity index (χ3v) is 3.41. The lowest BCUT2D eigenvalue weighted by atomic mass is 10.0. The van der Waals surface area contributed by atoms with Gasteiger partial charge in [-0.3, -0.25) is 9.78 Å². The Kier molecular flexibility index (Phi) is 2.58. The van der Waals surface area contributed by atoms with E-state index in [4.69, 9.17) is 5.73 Å². The molecule has 2 rings (SSSR count). The van der Waals surface area contributed by atoms with Crippen molar-refractivity contribution in [2.45, 2.75) is 31.6 Å². The van der Waals surface area contributed by atoms with Crippen LogP contribution in [0.25, 0.3) is 0 Å². The van der Waals surface area contributed by atoms with E-state index < -0.39 is 0 Å². The summed E-state index contributed by atoms with van der Waals surface area (Å²) >= 11 is 3.26. The molecule has 0 aliphatic heterocycles. The van der Waals surface area contributed by atoms with E-state index in [1.54, 1.807) is 0 Å². The summed E-state index contributed by atoms with van der Waals surface area (Å²) in [5.74, 6) is 0.606. The standard InChI is InChI=1S/C9H12BrN3O/c10-6-7(5-3-1-2-4-5)12-9(11)13-8(6)14/h5H,1-4H2,(H3,11,12,13,14). The predicted octanol–water partition coefficient (Wildman–Crippen LogP) is 1.77. The average molecular weight is 258 g/mol. The van der Waals surface area contributed by atoms with Gasteiger partial charge in [0.1, 0.15) is 4.47 Å². The summed E-state index contributed by atoms with van der Waals surface area (Å²) in [6.45, 7) is 0. The van der Waals surface area contributed by atoms with Gasteiger partial charge in [-0.05, 0) is 28.8 Å². The smallest absolute Gasteiger partial charge is 0.266 e. The van der Waals surface area contributed by atoms with E-state index in [0.717, 1.165) is 18.5 Å². The van der Waals surface area contributed by atoms with Gasteiger partial charge in [-0.2, -0.15) is 0 Å². The molecule has 0 atom stereocenters. The van der Waals surface area contributed by atoms with Gasteiger partial charge in [0, 0.05) is 5.92 Å². The van der Waals surface area contributed by atoms with Crippen LogP contribution in [0.1, 0.15) is 37.3 Å². The van der Waals surface area contributed by atoms with Crippen LogP contribution in [-0.2, 0) is 0 Å². The second-order valence-electron chi connectivity index (χ2n) is 3.63. The third-order valence-electron chi connectivity index (χ3n) is 2.65. The van der Waals surface area contributed by atoms with Gasteiger partial charge in [0.2, 0.25) is 5.95 Å². The number of nitrogen functional groups attached to an aromatic ring is 1. The van der Waals surface area contributed by atoms with Crippen LogP contribution in [0.3, 0.4) is 0 Å². The molecule has 0 spiro atoms. The largest absolute Gasteiger partial charge is 0.369 e. The number of hydrogen-bond acceptors (Lipinski definition) is 3. The number of hydrogen-bond donors (Lipinski definition) is 2. The maximum atomic E-state index is 11.4. The van der Waals surface area contributed by atoms with E-state index in [-0.39, 0.29) is 11.5 Å². The highest BCUT2D eigenvalue weighted by Gasteiger charge is 2.22. The van der Waals surface area contributed by atoms with Gasteiger partial charge >= 0.3 is 0 Å². The highest BCUT2D eigenvalue weighted by Crippen LogP contribution is 2.35. The molecule has 0 amide bonds. The first kappa shape index (κ1) is 9.71. The fourth-order valence-corrected chi connectivity index (χ4v) is 2.48. The molecule has 1 heterocycles. The molecule has 14 heavy (non-hydrogen) atoms. The van der Waals surface area contributed by atoms with Crippen molar-refractivity contribution in [1.29, 1.82) is 0 Å². The van der Waals surface area contributed by atoms with E-state index in [2.05, 4.69) is 25.9 Å². The fraction of sp³-hybridized carbons (Fsp3) is 0.556. The first-order valence-corrected chi connectivity index (χ1v) is 5.53. The number of nitrogens with two attached hydrogens (primary N) is 1. The summed E-state index contributed by atoms with van der Waals surface area (Å²) in [6.07, 6.45) is 4.64. The molecular formula is C9H12BrN3O. The normalized spacial score (nSPS) is 17.5. The molecule has 1 aromatic heterocycles. The number of rotatable bonds is 1. The molecule has 0 radical (unpaired) electrons. The molecule has 0 bridgehead atoms. The Morgan fingerprint density at radius 1 is 1.43 bits per heavy atom. The summed E-state index contributed by atoms with van der Waals surface area (Å²) in [6, 6.07) is 0. The van der Waals surface area contributed by atoms with Crippen LogP contribution in [0.4, 0.5) is 5.95 Å². The number of nitrogens with zero attached hydrogens (tertiary/aromatic N) is 1. The summed E-state index contributed by atoms with van der Waals surface area (Å²) in [4.78, 5) is 18.1. The van der Waals surface area contributed by atoms with Crippen LogP contribution in [-0.4, -0.2) is 9.97 Å². The lowest BCUT2D eigenvalue weighted by Crippen LogP contribution is -2.16. The second-order valence-corrected chi connectivity index (χ2v) is 4.42. The van der Waals surface area contributed by atoms with E-state index in [1.165, 1.54) is 12.8 Å². The van der Waals surface area contributed by atoms with Crippen molar-refractivity contribution >= 4 is 21.9 Å². The summed E-state index contributed by atoms with van der Waals surface area (Å²) < 4.78 is 0.540. The molecule has 76 valence electrons. The van der Waals surface area contributed by atoms with Gasteiger partial charge in [0.15, 0.2) is 0 Å². The summed E-state index contributed by atoms with van der Waals surface area (Å²) in [7, 11) is 0. The molecule has 5 heteroatoms. The second kappa shape index (κ2) is 3.73. The minimum atomic E-state index is -0.181. The highest BCUT2D eigenvalue weighted by atomic mass is 79.9. The van der Waals surface area contributed by atoms with Crippen LogP contribution in [0, 0.1) is 0 Å². The molecule has 4 nitrogen and oxygen atoms in total. The Balaban J connectivity index is 2.45. The minimum Gasteiger partial charge on any atom is -0.369 e. The molecule has 0 unspecified atom stereocenters. The predicted molar refractivity (Wildman–Crippen MR) is 58.2 cm³/mol. The quantitative estimate of drug-likeness (QED) is 0.806. The minimum absolute atomic E-state index is 0.181. The molecule has 0 aromatic carbocycles. The molecule has 1 aliphatic carbocycles. The average Bonchev–Trinajstić information content (AvgIpc) is 2.63. The maximum Gasteiger partial charge on any atom is 0.266 e. The Morgan fingerprint density at radius 3 is 2.71 bits per heavy atom. The number of anilines is 1. The molecule has 1 aromatic rings. The maximum absolute atomic E-state index is 11.4. The van der Waals surface area contributed by atoms with Crippen LogP contribution in [0.2, 0.25) is 0 Å². The topological polar surface area (TPSA) is 71.8 Å². The van der Waals surface area contributed by atoms with E-state index in [9.17, 15) is 4.79 Å². The van der Waals surface area contributed by atoms with Crippen LogP contribution >= 0.6 is 15.9 Å². The van der Waals surface area contributed by atoms with Crippen molar-refractivity contribution in [3.8, 4) is 0 Å². The van der Waals surface area contributed by atoms with Gasteiger partial charge in [0.05, 0.1) is 5.69 Å². The number of nitrogens with one attached hydrogen (secondary N) is 1. The van der Waals surface area contributed by atoms with Gasteiger partial charge in [0.25, 0.3) is 5.56 Å². The van der Waals surface area contributed by atoms with E-state index in [0.29, 0.717) is 10.4 Å². The molecule has 0 saturated heterocycles. The first-order valence-electron chi connectivity index (χ1n) is 4.73. The van der Waals surface area contributed by atoms with Crippen molar-refractivity contribution in [2.75, 3.05) is 5.73 Å². The van der Waals surface area contributed by atoms with Crippen molar-refractivity contribution < 1.29 is 0 Å². The number of aromatic nitrogens is 2. The van der Waals surface area contributed by atoms with Gasteiger partial charge < -0.3 is 5.73 Å². The summed E-state index contributed by atoms with van der Waals surface area (Å²) in [5, 5.41) is 0. The lowest BCUT2D eigenvalue weighted by Gasteiger charge is -2.10. The van der Waals surface area contributed by atoms with Crippen molar-refractivity contribution in [3.63, 3.8) is 0 Å². The summed E-state index contributed by atoms with van der Waals surface area (Å²) in [5.41, 5.74) is 6.15. The van der Waals surface area contributed by atoms with Crippen molar-refractivity contribution in [1.82, 2.24) is 9.97 Å². The monoisotopic (exact) mass is 257 g/mol. The van der Waals surface area contributed by atoms with Gasteiger partial charge in [-0.25, -0.2) is 4.98 Å². The Bertz CT molecular complexity index is 396. The van der Waals surface area contributed by atoms with Crippen LogP contribution in [0.5, 0.6) is 0 Å². The third kappa shape index (κ3) is 1.68.